The maximum Gasteiger partial charge on any atom is 0.355 e. The van der Waals surface area contributed by atoms with E-state index in [2.05, 4.69) is 0 Å². The van der Waals surface area contributed by atoms with Gasteiger partial charge in [0.25, 0.3) is 0 Å². The molecule has 2 heterocycles. The van der Waals surface area contributed by atoms with Crippen molar-refractivity contribution in [2.24, 2.45) is 0 Å². The number of aliphatic hydroxyl groups is 10. The zero-order chi connectivity index (χ0) is 33.4. The van der Waals surface area contributed by atoms with Gasteiger partial charge in [-0.1, -0.05) is 0 Å². The second-order valence-electron chi connectivity index (χ2n) is 10.2. The summed E-state index contributed by atoms with van der Waals surface area (Å²) >= 11 is 0. The molecule has 2 aromatic carbocycles. The number of phenols is 3. The first-order valence-electron chi connectivity index (χ1n) is 13.2. The summed E-state index contributed by atoms with van der Waals surface area (Å²) in [5, 5.41) is 131. The first kappa shape index (κ1) is 34.2. The number of rotatable bonds is 11. The fourth-order valence-electron chi connectivity index (χ4n) is 4.59. The molecule has 0 radical (unpaired) electrons. The van der Waals surface area contributed by atoms with Crippen LogP contribution in [0.25, 0.3) is 22.3 Å². The first-order chi connectivity index (χ1) is 21.1. The average Bonchev–Trinajstić information content (AvgIpc) is 3.00. The Morgan fingerprint density at radius 1 is 0.867 bits per heavy atom. The third-order valence-electron chi connectivity index (χ3n) is 7.06. The van der Waals surface area contributed by atoms with Gasteiger partial charge in [0.15, 0.2) is 29.3 Å². The fourth-order valence-corrected chi connectivity index (χ4v) is 4.59. The van der Waals surface area contributed by atoms with Crippen LogP contribution in [0.5, 0.6) is 23.0 Å². The number of aliphatic hydroxyl groups excluding tert-OH is 9. The minimum Gasteiger partial charge on any atom is -0.508 e. The van der Waals surface area contributed by atoms with E-state index in [0.717, 1.165) is 30.3 Å². The van der Waals surface area contributed by atoms with Crippen LogP contribution >= 0.6 is 0 Å². The van der Waals surface area contributed by atoms with Gasteiger partial charge in [0, 0.05) is 23.8 Å². The van der Waals surface area contributed by atoms with Gasteiger partial charge in [0.1, 0.15) is 71.0 Å². The second-order valence-corrected chi connectivity index (χ2v) is 10.2. The van der Waals surface area contributed by atoms with Crippen molar-refractivity contribution >= 4 is 11.0 Å². The van der Waals surface area contributed by atoms with E-state index in [9.17, 15) is 66.1 Å². The van der Waals surface area contributed by atoms with Crippen LogP contribution in [0, 0.1) is 0 Å². The normalized spacial score (nSPS) is 27.1. The van der Waals surface area contributed by atoms with Gasteiger partial charge in [-0.3, -0.25) is 4.79 Å². The largest absolute Gasteiger partial charge is 0.508 e. The van der Waals surface area contributed by atoms with Gasteiger partial charge >= 0.3 is 5.97 Å². The van der Waals surface area contributed by atoms with E-state index in [4.69, 9.17) is 23.7 Å². The quantitative estimate of drug-likeness (QED) is 0.0696. The molecule has 0 spiro atoms. The van der Waals surface area contributed by atoms with Crippen LogP contribution in [0.3, 0.4) is 0 Å². The Balaban J connectivity index is 1.73. The van der Waals surface area contributed by atoms with E-state index in [1.165, 1.54) is 6.07 Å². The summed E-state index contributed by atoms with van der Waals surface area (Å²) in [5.74, 6) is -5.78. The molecule has 13 N–H and O–H groups in total. The second kappa shape index (κ2) is 13.4. The Morgan fingerprint density at radius 2 is 1.56 bits per heavy atom. The number of ether oxygens (including phenoxy) is 3. The zero-order valence-electron chi connectivity index (χ0n) is 22.9. The number of benzene rings is 2. The van der Waals surface area contributed by atoms with Crippen molar-refractivity contribution in [3.63, 3.8) is 0 Å². The SMILES string of the molecule is O=c1cc(-c2ccc(O)c(O)c2)oc2cc(O)cc(OC3(O)OC(CO)C(O)C(O)C3OC(O)C(O)C(O)C(O)C(O)CO)c12. The molecule has 4 rings (SSSR count). The minimum absolute atomic E-state index is 0.132. The van der Waals surface area contributed by atoms with Gasteiger partial charge in [-0.15, -0.1) is 0 Å². The molecule has 45 heavy (non-hydrogen) atoms. The molecule has 1 aliphatic heterocycles. The van der Waals surface area contributed by atoms with Crippen molar-refractivity contribution in [1.29, 1.82) is 0 Å². The van der Waals surface area contributed by atoms with Gasteiger partial charge in [-0.2, -0.15) is 0 Å². The van der Waals surface area contributed by atoms with Crippen molar-refractivity contribution < 1.29 is 85.0 Å². The molecule has 248 valence electrons. The standard InChI is InChI=1S/C27H32O18/c28-7-14(34)20(35)22(37)24(39)26(40)43-25-23(38)21(36)18(8-29)45-27(25,41)44-17-5-10(30)4-16-19(17)13(33)6-15(42-16)9-1-2-11(31)12(32)3-9/h1-6,14,18,20-26,28-32,34-41H,7-8H2. The highest BCUT2D eigenvalue weighted by Crippen LogP contribution is 2.39. The summed E-state index contributed by atoms with van der Waals surface area (Å²) in [6.45, 7) is -2.08. The van der Waals surface area contributed by atoms with Crippen LogP contribution < -0.4 is 10.2 Å². The van der Waals surface area contributed by atoms with Crippen molar-refractivity contribution in [3.05, 3.63) is 46.6 Å². The lowest BCUT2D eigenvalue weighted by Gasteiger charge is -2.47. The Hall–Kier alpha value is -3.63. The summed E-state index contributed by atoms with van der Waals surface area (Å²) in [6, 6.07) is 6.23. The number of fused-ring (bicyclic) bond motifs is 1. The number of aromatic hydroxyl groups is 3. The van der Waals surface area contributed by atoms with Gasteiger partial charge in [0.2, 0.25) is 0 Å². The lowest BCUT2D eigenvalue weighted by molar-refractivity contribution is -0.441. The monoisotopic (exact) mass is 644 g/mol. The van der Waals surface area contributed by atoms with Crippen LogP contribution in [0.1, 0.15) is 0 Å². The van der Waals surface area contributed by atoms with Crippen molar-refractivity contribution in [1.82, 2.24) is 0 Å². The third kappa shape index (κ3) is 6.82. The Morgan fingerprint density at radius 3 is 2.18 bits per heavy atom. The lowest BCUT2D eigenvalue weighted by atomic mass is 9.97. The maximum atomic E-state index is 13.2. The van der Waals surface area contributed by atoms with E-state index >= 15 is 0 Å². The summed E-state index contributed by atoms with van der Waals surface area (Å²) in [7, 11) is 0. The maximum absolute atomic E-state index is 13.2. The van der Waals surface area contributed by atoms with Crippen LogP contribution in [0.2, 0.25) is 0 Å². The molecule has 3 aromatic rings. The van der Waals surface area contributed by atoms with E-state index in [1.807, 2.05) is 0 Å². The van der Waals surface area contributed by atoms with Gasteiger partial charge in [-0.25, -0.2) is 0 Å². The van der Waals surface area contributed by atoms with Crippen molar-refractivity contribution in [3.8, 4) is 34.3 Å². The van der Waals surface area contributed by atoms with Gasteiger partial charge < -0.3 is 85.0 Å². The van der Waals surface area contributed by atoms with Gasteiger partial charge in [-0.05, 0) is 18.2 Å². The molecule has 0 bridgehead atoms. The molecule has 18 heteroatoms. The summed E-state index contributed by atoms with van der Waals surface area (Å²) < 4.78 is 21.4. The predicted octanol–water partition coefficient (Wildman–Crippen LogP) is -4.15. The summed E-state index contributed by atoms with van der Waals surface area (Å²) in [5.41, 5.74) is -1.08. The Kier molecular flexibility index (Phi) is 10.2. The Bertz CT molecular complexity index is 1540. The molecule has 1 saturated heterocycles. The van der Waals surface area contributed by atoms with Crippen LogP contribution in [0.4, 0.5) is 0 Å². The fraction of sp³-hybridized carbons (Fsp3) is 0.444. The zero-order valence-corrected chi connectivity index (χ0v) is 22.9. The van der Waals surface area contributed by atoms with E-state index in [1.54, 1.807) is 0 Å². The lowest BCUT2D eigenvalue weighted by Crippen LogP contribution is -2.69. The van der Waals surface area contributed by atoms with Crippen LogP contribution in [0.15, 0.2) is 45.6 Å². The van der Waals surface area contributed by atoms with Crippen LogP contribution in [-0.4, -0.2) is 141 Å². The molecular weight excluding hydrogens is 612 g/mol. The number of hydrogen-bond donors (Lipinski definition) is 13. The molecule has 1 aromatic heterocycles. The minimum atomic E-state index is -3.35. The van der Waals surface area contributed by atoms with Crippen molar-refractivity contribution in [2.75, 3.05) is 13.2 Å². The molecule has 0 aliphatic carbocycles. The highest BCUT2D eigenvalue weighted by atomic mass is 16.8. The molecule has 10 unspecified atom stereocenters. The smallest absolute Gasteiger partial charge is 0.355 e. The molecule has 0 saturated carbocycles. The molecular formula is C27H32O18. The van der Waals surface area contributed by atoms with E-state index < -0.39 is 108 Å². The van der Waals surface area contributed by atoms with E-state index in [0.29, 0.717) is 0 Å². The molecule has 18 nitrogen and oxygen atoms in total. The number of phenolic OH excluding ortho intramolecular Hbond substituents is 3. The highest BCUT2D eigenvalue weighted by molar-refractivity contribution is 5.86. The summed E-state index contributed by atoms with van der Waals surface area (Å²) in [4.78, 5) is 13.2. The summed E-state index contributed by atoms with van der Waals surface area (Å²) in [6.07, 6.45) is -20.2. The predicted molar refractivity (Wildman–Crippen MR) is 144 cm³/mol. The first-order valence-corrected chi connectivity index (χ1v) is 13.2. The number of hydrogen-bond acceptors (Lipinski definition) is 18. The van der Waals surface area contributed by atoms with Gasteiger partial charge in [0.05, 0.1) is 13.2 Å². The topological polar surface area (TPSA) is 321 Å². The van der Waals surface area contributed by atoms with Crippen LogP contribution in [-0.2, 0) is 9.47 Å². The molecule has 1 fully saturated rings. The molecule has 1 aliphatic rings. The highest BCUT2D eigenvalue weighted by Gasteiger charge is 2.58. The van der Waals surface area contributed by atoms with Crippen molar-refractivity contribution in [2.45, 2.75) is 61.1 Å². The van der Waals surface area contributed by atoms with E-state index in [-0.39, 0.29) is 16.9 Å². The third-order valence-corrected chi connectivity index (χ3v) is 7.06. The Labute approximate surface area is 251 Å². The molecule has 10 atom stereocenters. The molecule has 0 amide bonds. The average molecular weight is 645 g/mol.